The van der Waals surface area contributed by atoms with E-state index in [1.807, 2.05) is 20.9 Å². The Labute approximate surface area is 127 Å². The molecule has 0 atom stereocenters. The summed E-state index contributed by atoms with van der Waals surface area (Å²) in [4.78, 5) is 4.32. The number of aliphatic imine (C=N–C) groups is 1. The third-order valence-corrected chi connectivity index (χ3v) is 4.43. The number of hydrogen-bond donors (Lipinski definition) is 2. The molecule has 0 bridgehead atoms. The monoisotopic (exact) mass is 292 g/mol. The molecule has 0 aromatic carbocycles. The fourth-order valence-electron chi connectivity index (χ4n) is 2.96. The largest absolute Gasteiger partial charge is 0.361 e. The molecule has 1 aliphatic carbocycles. The first-order chi connectivity index (χ1) is 10.1. The van der Waals surface area contributed by atoms with Crippen LogP contribution in [0.25, 0.3) is 0 Å². The molecule has 0 radical (unpaired) electrons. The van der Waals surface area contributed by atoms with Crippen LogP contribution in [0.5, 0.6) is 0 Å². The molecule has 1 aromatic heterocycles. The summed E-state index contributed by atoms with van der Waals surface area (Å²) in [6.07, 6.45) is 6.02. The molecule has 1 fully saturated rings. The van der Waals surface area contributed by atoms with Gasteiger partial charge in [0.2, 0.25) is 0 Å². The minimum absolute atomic E-state index is 0.562. The van der Waals surface area contributed by atoms with Gasteiger partial charge in [0.05, 0.1) is 5.69 Å². The average molecular weight is 292 g/mol. The number of aryl methyl sites for hydroxylation is 2. The summed E-state index contributed by atoms with van der Waals surface area (Å²) in [5.41, 5.74) is 2.18. The predicted molar refractivity (Wildman–Crippen MR) is 85.6 cm³/mol. The molecular formula is C16H28N4O. The molecule has 0 saturated heterocycles. The molecule has 2 N–H and O–H groups in total. The number of rotatable bonds is 4. The molecule has 2 rings (SSSR count). The van der Waals surface area contributed by atoms with Crippen molar-refractivity contribution in [2.75, 3.05) is 13.6 Å². The highest BCUT2D eigenvalue weighted by atomic mass is 16.5. The number of hydrogen-bond acceptors (Lipinski definition) is 3. The summed E-state index contributed by atoms with van der Waals surface area (Å²) in [7, 11) is 1.83. The smallest absolute Gasteiger partial charge is 0.191 e. The SMILES string of the molecule is CN=C(NCCc1c(C)noc1C)NC1CCC(C)CC1. The second-order valence-corrected chi connectivity index (χ2v) is 6.15. The van der Waals surface area contributed by atoms with E-state index in [0.717, 1.165) is 36.3 Å². The van der Waals surface area contributed by atoms with Gasteiger partial charge in [-0.25, -0.2) is 0 Å². The summed E-state index contributed by atoms with van der Waals surface area (Å²) >= 11 is 0. The first kappa shape index (κ1) is 15.9. The van der Waals surface area contributed by atoms with E-state index in [0.29, 0.717) is 6.04 Å². The summed E-state index contributed by atoms with van der Waals surface area (Å²) in [5.74, 6) is 2.69. The fraction of sp³-hybridized carbons (Fsp3) is 0.750. The van der Waals surface area contributed by atoms with Gasteiger partial charge < -0.3 is 15.2 Å². The average Bonchev–Trinajstić information content (AvgIpc) is 2.80. The maximum atomic E-state index is 5.19. The zero-order valence-electron chi connectivity index (χ0n) is 13.7. The van der Waals surface area contributed by atoms with E-state index < -0.39 is 0 Å². The van der Waals surface area contributed by atoms with Crippen molar-refractivity contribution in [3.63, 3.8) is 0 Å². The zero-order chi connectivity index (χ0) is 15.2. The van der Waals surface area contributed by atoms with E-state index in [1.54, 1.807) is 0 Å². The van der Waals surface area contributed by atoms with E-state index in [1.165, 1.54) is 31.2 Å². The van der Waals surface area contributed by atoms with Crippen molar-refractivity contribution < 1.29 is 4.52 Å². The summed E-state index contributed by atoms with van der Waals surface area (Å²) in [5, 5.41) is 10.9. The highest BCUT2D eigenvalue weighted by Gasteiger charge is 2.18. The lowest BCUT2D eigenvalue weighted by atomic mass is 9.87. The van der Waals surface area contributed by atoms with E-state index in [-0.39, 0.29) is 0 Å². The minimum Gasteiger partial charge on any atom is -0.361 e. The molecule has 5 heteroatoms. The molecule has 0 unspecified atom stereocenters. The van der Waals surface area contributed by atoms with Crippen molar-refractivity contribution in [3.8, 4) is 0 Å². The second kappa shape index (κ2) is 7.48. The van der Waals surface area contributed by atoms with Gasteiger partial charge in [-0.3, -0.25) is 4.99 Å². The second-order valence-electron chi connectivity index (χ2n) is 6.15. The van der Waals surface area contributed by atoms with Gasteiger partial charge in [-0.2, -0.15) is 0 Å². The van der Waals surface area contributed by atoms with Crippen LogP contribution in [0, 0.1) is 19.8 Å². The quantitative estimate of drug-likeness (QED) is 0.661. The van der Waals surface area contributed by atoms with Crippen LogP contribution in [0.1, 0.15) is 49.6 Å². The van der Waals surface area contributed by atoms with Crippen LogP contribution in [0.2, 0.25) is 0 Å². The molecule has 1 aromatic rings. The van der Waals surface area contributed by atoms with Crippen LogP contribution in [0.3, 0.4) is 0 Å². The Balaban J connectivity index is 1.76. The number of nitrogens with one attached hydrogen (secondary N) is 2. The Bertz CT molecular complexity index is 453. The summed E-state index contributed by atoms with van der Waals surface area (Å²) in [6.45, 7) is 7.13. The number of aromatic nitrogens is 1. The molecule has 0 amide bonds. The Hall–Kier alpha value is -1.52. The molecule has 5 nitrogen and oxygen atoms in total. The van der Waals surface area contributed by atoms with Crippen LogP contribution in [-0.2, 0) is 6.42 Å². The first-order valence-corrected chi connectivity index (χ1v) is 7.99. The molecule has 1 saturated carbocycles. The van der Waals surface area contributed by atoms with E-state index in [2.05, 4.69) is 27.7 Å². The van der Waals surface area contributed by atoms with Gasteiger partial charge >= 0.3 is 0 Å². The van der Waals surface area contributed by atoms with Gasteiger partial charge in [-0.05, 0) is 51.9 Å². The minimum atomic E-state index is 0.562. The van der Waals surface area contributed by atoms with Gasteiger partial charge in [-0.15, -0.1) is 0 Å². The Morgan fingerprint density at radius 2 is 2.00 bits per heavy atom. The zero-order valence-corrected chi connectivity index (χ0v) is 13.7. The molecule has 21 heavy (non-hydrogen) atoms. The number of nitrogens with zero attached hydrogens (tertiary/aromatic N) is 2. The van der Waals surface area contributed by atoms with Gasteiger partial charge in [0.25, 0.3) is 0 Å². The summed E-state index contributed by atoms with van der Waals surface area (Å²) < 4.78 is 5.19. The van der Waals surface area contributed by atoms with Crippen LogP contribution < -0.4 is 10.6 Å². The van der Waals surface area contributed by atoms with E-state index in [4.69, 9.17) is 4.52 Å². The molecule has 1 aliphatic rings. The highest BCUT2D eigenvalue weighted by Crippen LogP contribution is 2.23. The van der Waals surface area contributed by atoms with Gasteiger partial charge in [0.15, 0.2) is 5.96 Å². The lowest BCUT2D eigenvalue weighted by molar-refractivity contribution is 0.329. The maximum Gasteiger partial charge on any atom is 0.191 e. The van der Waals surface area contributed by atoms with Crippen LogP contribution in [-0.4, -0.2) is 30.8 Å². The van der Waals surface area contributed by atoms with Gasteiger partial charge in [-0.1, -0.05) is 12.1 Å². The Morgan fingerprint density at radius 1 is 1.29 bits per heavy atom. The van der Waals surface area contributed by atoms with Crippen molar-refractivity contribution in [1.82, 2.24) is 15.8 Å². The molecule has 118 valence electrons. The fourth-order valence-corrected chi connectivity index (χ4v) is 2.96. The third kappa shape index (κ3) is 4.48. The molecule has 0 spiro atoms. The molecule has 0 aliphatic heterocycles. The summed E-state index contributed by atoms with van der Waals surface area (Å²) in [6, 6.07) is 0.562. The van der Waals surface area contributed by atoms with Crippen LogP contribution in [0.4, 0.5) is 0 Å². The van der Waals surface area contributed by atoms with E-state index in [9.17, 15) is 0 Å². The molecular weight excluding hydrogens is 264 g/mol. The van der Waals surface area contributed by atoms with Crippen molar-refractivity contribution in [2.45, 2.75) is 58.9 Å². The Kier molecular flexibility index (Phi) is 5.65. The van der Waals surface area contributed by atoms with Gasteiger partial charge in [0, 0.05) is 25.2 Å². The van der Waals surface area contributed by atoms with Crippen LogP contribution >= 0.6 is 0 Å². The van der Waals surface area contributed by atoms with E-state index >= 15 is 0 Å². The standard InChI is InChI=1S/C16H28N4O/c1-11-5-7-14(8-6-11)19-16(17-4)18-10-9-15-12(2)20-21-13(15)3/h11,14H,5-10H2,1-4H3,(H2,17,18,19). The van der Waals surface area contributed by atoms with Crippen molar-refractivity contribution in [2.24, 2.45) is 10.9 Å². The Morgan fingerprint density at radius 3 is 2.57 bits per heavy atom. The normalized spacial score (nSPS) is 23.1. The first-order valence-electron chi connectivity index (χ1n) is 7.99. The van der Waals surface area contributed by atoms with Gasteiger partial charge in [0.1, 0.15) is 5.76 Å². The highest BCUT2D eigenvalue weighted by molar-refractivity contribution is 5.79. The predicted octanol–water partition coefficient (Wildman–Crippen LogP) is 2.58. The lowest BCUT2D eigenvalue weighted by Crippen LogP contribution is -2.45. The van der Waals surface area contributed by atoms with Crippen molar-refractivity contribution in [3.05, 3.63) is 17.0 Å². The topological polar surface area (TPSA) is 62.5 Å². The maximum absolute atomic E-state index is 5.19. The molecule has 1 heterocycles. The lowest BCUT2D eigenvalue weighted by Gasteiger charge is -2.28. The third-order valence-electron chi connectivity index (χ3n) is 4.43. The van der Waals surface area contributed by atoms with Crippen LogP contribution in [0.15, 0.2) is 9.52 Å². The van der Waals surface area contributed by atoms with Crippen molar-refractivity contribution in [1.29, 1.82) is 0 Å². The number of guanidine groups is 1. The van der Waals surface area contributed by atoms with Crippen molar-refractivity contribution >= 4 is 5.96 Å².